The van der Waals surface area contributed by atoms with Crippen molar-refractivity contribution in [1.29, 1.82) is 0 Å². The van der Waals surface area contributed by atoms with Crippen molar-refractivity contribution in [2.45, 2.75) is 24.2 Å². The van der Waals surface area contributed by atoms with E-state index in [4.69, 9.17) is 21.1 Å². The maximum absolute atomic E-state index is 12.9. The van der Waals surface area contributed by atoms with Crippen molar-refractivity contribution in [2.75, 3.05) is 59.1 Å². The van der Waals surface area contributed by atoms with Gasteiger partial charge in [0.1, 0.15) is 10.6 Å². The minimum Gasteiger partial charge on any atom is -0.482 e. The van der Waals surface area contributed by atoms with Gasteiger partial charge in [-0.1, -0.05) is 11.6 Å². The summed E-state index contributed by atoms with van der Waals surface area (Å²) in [7, 11) is -3.70. The molecule has 2 saturated heterocycles. The molecule has 29 heavy (non-hydrogen) atoms. The fourth-order valence-electron chi connectivity index (χ4n) is 3.42. The van der Waals surface area contributed by atoms with Crippen LogP contribution in [0.3, 0.4) is 0 Å². The van der Waals surface area contributed by atoms with Gasteiger partial charge in [0.15, 0.2) is 6.61 Å². The minimum atomic E-state index is -3.70. The molecule has 0 atom stereocenters. The zero-order chi connectivity index (χ0) is 20.7. The third kappa shape index (κ3) is 6.29. The number of hydrogen-bond donors (Lipinski definition) is 1. The summed E-state index contributed by atoms with van der Waals surface area (Å²) < 4.78 is 38.1. The molecular weight excluding hydrogens is 418 g/mol. The van der Waals surface area contributed by atoms with Gasteiger partial charge in [-0.2, -0.15) is 4.31 Å². The average Bonchev–Trinajstić information content (AvgIpc) is 3.27. The van der Waals surface area contributed by atoms with E-state index >= 15 is 0 Å². The second-order valence-corrected chi connectivity index (χ2v) is 9.49. The van der Waals surface area contributed by atoms with Gasteiger partial charge >= 0.3 is 0 Å². The van der Waals surface area contributed by atoms with Crippen LogP contribution in [-0.4, -0.2) is 82.6 Å². The van der Waals surface area contributed by atoms with Gasteiger partial charge in [-0.25, -0.2) is 8.42 Å². The van der Waals surface area contributed by atoms with E-state index in [1.54, 1.807) is 6.07 Å². The SMILES string of the molecule is O=C(COc1ccc(Cl)cc1S(=O)(=O)N1CCCC1)NCCCN1CCOCC1. The summed E-state index contributed by atoms with van der Waals surface area (Å²) in [6.07, 6.45) is 2.51. The van der Waals surface area contributed by atoms with Crippen molar-refractivity contribution < 1.29 is 22.7 Å². The van der Waals surface area contributed by atoms with Crippen LogP contribution in [0, 0.1) is 0 Å². The van der Waals surface area contributed by atoms with Gasteiger partial charge in [-0.15, -0.1) is 0 Å². The molecule has 2 fully saturated rings. The number of carbonyl (C=O) groups excluding carboxylic acids is 1. The molecule has 0 unspecified atom stereocenters. The summed E-state index contributed by atoms with van der Waals surface area (Å²) in [6.45, 7) is 5.51. The highest BCUT2D eigenvalue weighted by molar-refractivity contribution is 7.89. The summed E-state index contributed by atoms with van der Waals surface area (Å²) in [5, 5.41) is 3.12. The summed E-state index contributed by atoms with van der Waals surface area (Å²) in [4.78, 5) is 14.4. The Kier molecular flexibility index (Phi) is 8.14. The Bertz CT molecular complexity index is 793. The second-order valence-electron chi connectivity index (χ2n) is 7.15. The maximum Gasteiger partial charge on any atom is 0.257 e. The van der Waals surface area contributed by atoms with Gasteiger partial charge in [0.25, 0.3) is 5.91 Å². The summed E-state index contributed by atoms with van der Waals surface area (Å²) in [6, 6.07) is 4.43. The number of morpholine rings is 1. The number of sulfonamides is 1. The predicted octanol–water partition coefficient (Wildman–Crippen LogP) is 1.34. The second kappa shape index (κ2) is 10.6. The molecule has 10 heteroatoms. The normalized spacial score (nSPS) is 18.7. The molecule has 0 spiro atoms. The van der Waals surface area contributed by atoms with Crippen LogP contribution >= 0.6 is 11.6 Å². The first-order valence-corrected chi connectivity index (χ1v) is 11.8. The smallest absolute Gasteiger partial charge is 0.257 e. The van der Waals surface area contributed by atoms with E-state index in [0.717, 1.165) is 52.1 Å². The maximum atomic E-state index is 12.9. The Hall–Kier alpha value is -1.39. The van der Waals surface area contributed by atoms with Gasteiger partial charge in [-0.3, -0.25) is 9.69 Å². The van der Waals surface area contributed by atoms with Gasteiger partial charge < -0.3 is 14.8 Å². The predicted molar refractivity (Wildman–Crippen MR) is 110 cm³/mol. The highest BCUT2D eigenvalue weighted by Gasteiger charge is 2.30. The van der Waals surface area contributed by atoms with E-state index in [0.29, 0.717) is 24.7 Å². The summed E-state index contributed by atoms with van der Waals surface area (Å²) in [5.74, 6) is -0.142. The molecule has 2 aliphatic rings. The molecule has 3 rings (SSSR count). The standard InChI is InChI=1S/C19H28ClN3O5S/c20-16-4-5-17(18(14-16)29(25,26)23-8-1-2-9-23)28-15-19(24)21-6-3-7-22-10-12-27-13-11-22/h4-5,14H,1-3,6-13,15H2,(H,21,24). The number of nitrogens with zero attached hydrogens (tertiary/aromatic N) is 2. The number of rotatable bonds is 9. The van der Waals surface area contributed by atoms with Crippen molar-refractivity contribution in [1.82, 2.24) is 14.5 Å². The van der Waals surface area contributed by atoms with Gasteiger partial charge in [0.2, 0.25) is 10.0 Å². The lowest BCUT2D eigenvalue weighted by Crippen LogP contribution is -2.38. The quantitative estimate of drug-likeness (QED) is 0.577. The lowest BCUT2D eigenvalue weighted by Gasteiger charge is -2.26. The topological polar surface area (TPSA) is 88.2 Å². The van der Waals surface area contributed by atoms with Crippen LogP contribution in [0.5, 0.6) is 5.75 Å². The van der Waals surface area contributed by atoms with Crippen LogP contribution in [0.15, 0.2) is 23.1 Å². The molecule has 0 radical (unpaired) electrons. The highest BCUT2D eigenvalue weighted by Crippen LogP contribution is 2.31. The third-order valence-corrected chi connectivity index (χ3v) is 7.18. The van der Waals surface area contributed by atoms with Crippen LogP contribution in [0.4, 0.5) is 0 Å². The Balaban J connectivity index is 1.50. The van der Waals surface area contributed by atoms with Crippen LogP contribution in [0.2, 0.25) is 5.02 Å². The zero-order valence-corrected chi connectivity index (χ0v) is 18.0. The van der Waals surface area contributed by atoms with Crippen LogP contribution in [0.25, 0.3) is 0 Å². The molecular formula is C19H28ClN3O5S. The average molecular weight is 446 g/mol. The molecule has 2 aliphatic heterocycles. The Labute approximate surface area is 177 Å². The van der Waals surface area contributed by atoms with E-state index in [1.807, 2.05) is 0 Å². The number of amides is 1. The monoisotopic (exact) mass is 445 g/mol. The molecule has 1 amide bonds. The van der Waals surface area contributed by atoms with Gasteiger partial charge in [0, 0.05) is 37.7 Å². The van der Waals surface area contributed by atoms with E-state index in [-0.39, 0.29) is 23.2 Å². The Morgan fingerprint density at radius 1 is 1.17 bits per heavy atom. The van der Waals surface area contributed by atoms with E-state index in [2.05, 4.69) is 10.2 Å². The molecule has 1 aromatic carbocycles. The van der Waals surface area contributed by atoms with Gasteiger partial charge in [-0.05, 0) is 44.0 Å². The molecule has 0 saturated carbocycles. The first kappa shape index (κ1) is 22.3. The summed E-state index contributed by atoms with van der Waals surface area (Å²) >= 11 is 6.01. The van der Waals surface area contributed by atoms with Crippen molar-refractivity contribution in [3.63, 3.8) is 0 Å². The number of nitrogens with one attached hydrogen (secondary N) is 1. The Morgan fingerprint density at radius 2 is 1.90 bits per heavy atom. The molecule has 0 aliphatic carbocycles. The lowest BCUT2D eigenvalue weighted by atomic mass is 10.3. The molecule has 8 nitrogen and oxygen atoms in total. The van der Waals surface area contributed by atoms with Crippen LogP contribution < -0.4 is 10.1 Å². The van der Waals surface area contributed by atoms with E-state index in [9.17, 15) is 13.2 Å². The van der Waals surface area contributed by atoms with Gasteiger partial charge in [0.05, 0.1) is 13.2 Å². The highest BCUT2D eigenvalue weighted by atomic mass is 35.5. The molecule has 1 aromatic rings. The molecule has 162 valence electrons. The number of halogens is 1. The van der Waals surface area contributed by atoms with Crippen molar-refractivity contribution in [3.8, 4) is 5.75 Å². The molecule has 2 heterocycles. The molecule has 0 aromatic heterocycles. The Morgan fingerprint density at radius 3 is 2.62 bits per heavy atom. The molecule has 0 bridgehead atoms. The van der Waals surface area contributed by atoms with Crippen LogP contribution in [0.1, 0.15) is 19.3 Å². The largest absolute Gasteiger partial charge is 0.482 e. The van der Waals surface area contributed by atoms with Crippen molar-refractivity contribution in [3.05, 3.63) is 23.2 Å². The number of ether oxygens (including phenoxy) is 2. The summed E-state index contributed by atoms with van der Waals surface area (Å²) in [5.41, 5.74) is 0. The van der Waals surface area contributed by atoms with E-state index < -0.39 is 10.0 Å². The fourth-order valence-corrected chi connectivity index (χ4v) is 5.33. The third-order valence-electron chi connectivity index (χ3n) is 5.02. The van der Waals surface area contributed by atoms with Crippen molar-refractivity contribution in [2.24, 2.45) is 0 Å². The fraction of sp³-hybridized carbons (Fsp3) is 0.632. The number of benzene rings is 1. The zero-order valence-electron chi connectivity index (χ0n) is 16.4. The first-order chi connectivity index (χ1) is 14.0. The van der Waals surface area contributed by atoms with Crippen molar-refractivity contribution >= 4 is 27.5 Å². The number of hydrogen-bond acceptors (Lipinski definition) is 6. The minimum absolute atomic E-state index is 0.00650. The molecule has 1 N–H and O–H groups in total. The number of carbonyl (C=O) groups is 1. The van der Waals surface area contributed by atoms with E-state index in [1.165, 1.54) is 16.4 Å². The lowest BCUT2D eigenvalue weighted by molar-refractivity contribution is -0.123. The van der Waals surface area contributed by atoms with Crippen LogP contribution in [-0.2, 0) is 19.6 Å². The first-order valence-electron chi connectivity index (χ1n) is 9.96.